The summed E-state index contributed by atoms with van der Waals surface area (Å²) in [5.41, 5.74) is 0.0945. The molecule has 1 atom stereocenters. The second-order valence-corrected chi connectivity index (χ2v) is 5.14. The minimum absolute atomic E-state index is 0.0690. The van der Waals surface area contributed by atoms with Crippen molar-refractivity contribution < 1.29 is 18.3 Å². The minimum atomic E-state index is -4.38. The van der Waals surface area contributed by atoms with E-state index in [4.69, 9.17) is 0 Å². The van der Waals surface area contributed by atoms with Crippen LogP contribution in [0.2, 0.25) is 0 Å². The van der Waals surface area contributed by atoms with E-state index in [9.17, 15) is 18.3 Å². The standard InChI is InChI=1S/C14H11BrF3NO/c15-11-5-2-6-19-13(11)12(20)8-9-3-1-4-10(7-9)14(16,17)18/h1-7,12,20H,8H2. The van der Waals surface area contributed by atoms with E-state index in [2.05, 4.69) is 20.9 Å². The lowest BCUT2D eigenvalue weighted by atomic mass is 10.0. The highest BCUT2D eigenvalue weighted by atomic mass is 79.9. The van der Waals surface area contributed by atoms with Crippen LogP contribution < -0.4 is 0 Å². The fraction of sp³-hybridized carbons (Fsp3) is 0.214. The summed E-state index contributed by atoms with van der Waals surface area (Å²) in [6.07, 6.45) is -3.75. The van der Waals surface area contributed by atoms with E-state index < -0.39 is 17.8 Å². The fourth-order valence-electron chi connectivity index (χ4n) is 1.84. The molecule has 0 radical (unpaired) electrons. The monoisotopic (exact) mass is 345 g/mol. The number of aromatic nitrogens is 1. The lowest BCUT2D eigenvalue weighted by molar-refractivity contribution is -0.137. The Morgan fingerprint density at radius 1 is 1.20 bits per heavy atom. The predicted molar refractivity (Wildman–Crippen MR) is 72.0 cm³/mol. The highest BCUT2D eigenvalue weighted by molar-refractivity contribution is 9.10. The van der Waals surface area contributed by atoms with E-state index in [0.29, 0.717) is 15.7 Å². The molecular weight excluding hydrogens is 335 g/mol. The number of aliphatic hydroxyl groups excluding tert-OH is 1. The maximum absolute atomic E-state index is 12.6. The van der Waals surface area contributed by atoms with Crippen molar-refractivity contribution in [2.75, 3.05) is 0 Å². The molecule has 0 aliphatic rings. The van der Waals surface area contributed by atoms with Crippen molar-refractivity contribution in [2.45, 2.75) is 18.7 Å². The van der Waals surface area contributed by atoms with Crippen molar-refractivity contribution in [2.24, 2.45) is 0 Å². The Kier molecular flexibility index (Phi) is 4.45. The molecule has 2 nitrogen and oxygen atoms in total. The minimum Gasteiger partial charge on any atom is -0.386 e. The van der Waals surface area contributed by atoms with Crippen LogP contribution >= 0.6 is 15.9 Å². The Morgan fingerprint density at radius 3 is 2.60 bits per heavy atom. The maximum Gasteiger partial charge on any atom is 0.416 e. The average Bonchev–Trinajstić information content (AvgIpc) is 2.38. The Labute approximate surface area is 122 Å². The van der Waals surface area contributed by atoms with Crippen LogP contribution in [0.25, 0.3) is 0 Å². The summed E-state index contributed by atoms with van der Waals surface area (Å²) in [6, 6.07) is 8.35. The summed E-state index contributed by atoms with van der Waals surface area (Å²) in [5.74, 6) is 0. The first-order chi connectivity index (χ1) is 9.38. The van der Waals surface area contributed by atoms with Crippen LogP contribution in [0.3, 0.4) is 0 Å². The van der Waals surface area contributed by atoms with Crippen LogP contribution in [-0.2, 0) is 12.6 Å². The van der Waals surface area contributed by atoms with E-state index in [0.717, 1.165) is 12.1 Å². The molecule has 0 spiro atoms. The molecule has 1 N–H and O–H groups in total. The number of pyridine rings is 1. The van der Waals surface area contributed by atoms with Gasteiger partial charge in [-0.2, -0.15) is 13.2 Å². The van der Waals surface area contributed by atoms with E-state index in [-0.39, 0.29) is 6.42 Å². The summed E-state index contributed by atoms with van der Waals surface area (Å²) in [5, 5.41) is 10.1. The number of nitrogens with zero attached hydrogens (tertiary/aromatic N) is 1. The van der Waals surface area contributed by atoms with Gasteiger partial charge in [0.1, 0.15) is 6.10 Å². The van der Waals surface area contributed by atoms with Crippen LogP contribution in [0.15, 0.2) is 47.1 Å². The quantitative estimate of drug-likeness (QED) is 0.906. The van der Waals surface area contributed by atoms with E-state index in [1.807, 2.05) is 0 Å². The molecule has 20 heavy (non-hydrogen) atoms. The molecule has 1 aromatic carbocycles. The third-order valence-corrected chi connectivity index (χ3v) is 3.46. The van der Waals surface area contributed by atoms with Crippen LogP contribution in [-0.4, -0.2) is 10.1 Å². The molecule has 6 heteroatoms. The van der Waals surface area contributed by atoms with E-state index in [1.165, 1.54) is 12.3 Å². The molecule has 0 aliphatic carbocycles. The van der Waals surface area contributed by atoms with Gasteiger partial charge < -0.3 is 5.11 Å². The predicted octanol–water partition coefficient (Wildman–Crippen LogP) is 4.14. The van der Waals surface area contributed by atoms with Crippen molar-refractivity contribution in [1.29, 1.82) is 0 Å². The van der Waals surface area contributed by atoms with Gasteiger partial charge in [0, 0.05) is 17.1 Å². The largest absolute Gasteiger partial charge is 0.416 e. The van der Waals surface area contributed by atoms with Crippen molar-refractivity contribution in [1.82, 2.24) is 4.98 Å². The molecule has 0 saturated heterocycles. The fourth-order valence-corrected chi connectivity index (χ4v) is 2.36. The van der Waals surface area contributed by atoms with Crippen molar-refractivity contribution in [3.05, 3.63) is 63.9 Å². The molecular formula is C14H11BrF3NO. The van der Waals surface area contributed by atoms with Gasteiger partial charge in [-0.05, 0) is 39.7 Å². The molecule has 106 valence electrons. The van der Waals surface area contributed by atoms with Crippen molar-refractivity contribution in [3.63, 3.8) is 0 Å². The number of alkyl halides is 3. The van der Waals surface area contributed by atoms with Crippen LogP contribution in [0.5, 0.6) is 0 Å². The molecule has 0 bridgehead atoms. The van der Waals surface area contributed by atoms with Gasteiger partial charge in [0.2, 0.25) is 0 Å². The first kappa shape index (κ1) is 15.0. The molecule has 0 saturated carbocycles. The molecule has 0 fully saturated rings. The highest BCUT2D eigenvalue weighted by Crippen LogP contribution is 2.31. The zero-order chi connectivity index (χ0) is 14.8. The second-order valence-electron chi connectivity index (χ2n) is 4.29. The molecule has 2 aromatic rings. The highest BCUT2D eigenvalue weighted by Gasteiger charge is 2.30. The lowest BCUT2D eigenvalue weighted by Crippen LogP contribution is -2.08. The van der Waals surface area contributed by atoms with Crippen molar-refractivity contribution in [3.8, 4) is 0 Å². The van der Waals surface area contributed by atoms with Gasteiger partial charge in [-0.15, -0.1) is 0 Å². The first-order valence-electron chi connectivity index (χ1n) is 5.82. The summed E-state index contributed by atoms with van der Waals surface area (Å²) in [7, 11) is 0. The summed E-state index contributed by atoms with van der Waals surface area (Å²) < 4.78 is 38.5. The topological polar surface area (TPSA) is 33.1 Å². The van der Waals surface area contributed by atoms with Gasteiger partial charge in [-0.3, -0.25) is 4.98 Å². The molecule has 2 rings (SSSR count). The number of hydrogen-bond donors (Lipinski definition) is 1. The number of benzene rings is 1. The Balaban J connectivity index is 2.20. The van der Waals surface area contributed by atoms with Gasteiger partial charge in [-0.1, -0.05) is 18.2 Å². The van der Waals surface area contributed by atoms with Crippen LogP contribution in [0.1, 0.15) is 22.9 Å². The van der Waals surface area contributed by atoms with E-state index >= 15 is 0 Å². The SMILES string of the molecule is OC(Cc1cccc(C(F)(F)F)c1)c1ncccc1Br. The number of hydrogen-bond acceptors (Lipinski definition) is 2. The Hall–Kier alpha value is -1.40. The average molecular weight is 346 g/mol. The third kappa shape index (κ3) is 3.58. The van der Waals surface area contributed by atoms with Gasteiger partial charge in [0.05, 0.1) is 11.3 Å². The van der Waals surface area contributed by atoms with Crippen LogP contribution in [0, 0.1) is 0 Å². The summed E-state index contributed by atoms with van der Waals surface area (Å²) >= 11 is 3.25. The smallest absolute Gasteiger partial charge is 0.386 e. The zero-order valence-corrected chi connectivity index (χ0v) is 11.8. The summed E-state index contributed by atoms with van der Waals surface area (Å²) in [4.78, 5) is 4.03. The second kappa shape index (κ2) is 5.93. The maximum atomic E-state index is 12.6. The molecule has 1 unspecified atom stereocenters. The molecule has 0 amide bonds. The zero-order valence-electron chi connectivity index (χ0n) is 10.2. The number of rotatable bonds is 3. The van der Waals surface area contributed by atoms with Gasteiger partial charge in [0.15, 0.2) is 0 Å². The molecule has 0 aliphatic heterocycles. The third-order valence-electron chi connectivity index (χ3n) is 2.79. The number of halogens is 4. The van der Waals surface area contributed by atoms with Gasteiger partial charge in [-0.25, -0.2) is 0 Å². The molecule has 1 aromatic heterocycles. The summed E-state index contributed by atoms with van der Waals surface area (Å²) in [6.45, 7) is 0. The van der Waals surface area contributed by atoms with Gasteiger partial charge >= 0.3 is 6.18 Å². The lowest BCUT2D eigenvalue weighted by Gasteiger charge is -2.13. The first-order valence-corrected chi connectivity index (χ1v) is 6.62. The number of aliphatic hydroxyl groups is 1. The Bertz CT molecular complexity index is 601. The van der Waals surface area contributed by atoms with Gasteiger partial charge in [0.25, 0.3) is 0 Å². The Morgan fingerprint density at radius 2 is 1.95 bits per heavy atom. The molecule has 1 heterocycles. The van der Waals surface area contributed by atoms with Crippen molar-refractivity contribution >= 4 is 15.9 Å². The van der Waals surface area contributed by atoms with E-state index in [1.54, 1.807) is 18.2 Å². The normalized spacial score (nSPS) is 13.2. The van der Waals surface area contributed by atoms with Crippen LogP contribution in [0.4, 0.5) is 13.2 Å².